The average Bonchev–Trinajstić information content (AvgIpc) is 2.08. The van der Waals surface area contributed by atoms with Crippen molar-refractivity contribution in [3.8, 4) is 0 Å². The second-order valence-electron chi connectivity index (χ2n) is 3.04. The van der Waals surface area contributed by atoms with E-state index in [9.17, 15) is 0 Å². The minimum atomic E-state index is -0.301. The standard InChI is InChI=1S/C8H13N3O2/c1-6(2)13-8-4-3-7(5-12-8)10-11-9/h3-4,6-8H,5H2,1-2H3/t7-,8-/m0/s1. The molecule has 2 atom stereocenters. The van der Waals surface area contributed by atoms with E-state index in [0.29, 0.717) is 6.61 Å². The Morgan fingerprint density at radius 2 is 2.38 bits per heavy atom. The van der Waals surface area contributed by atoms with Crippen LogP contribution >= 0.6 is 0 Å². The third kappa shape index (κ3) is 3.46. The Morgan fingerprint density at radius 3 is 2.85 bits per heavy atom. The van der Waals surface area contributed by atoms with Gasteiger partial charge in [-0.25, -0.2) is 0 Å². The maximum Gasteiger partial charge on any atom is 0.177 e. The van der Waals surface area contributed by atoms with Crippen LogP contribution in [0.5, 0.6) is 0 Å². The first-order valence-corrected chi connectivity index (χ1v) is 4.22. The fourth-order valence-corrected chi connectivity index (χ4v) is 1.01. The molecular weight excluding hydrogens is 170 g/mol. The number of hydrogen-bond donors (Lipinski definition) is 0. The van der Waals surface area contributed by atoms with Crippen LogP contribution in [-0.4, -0.2) is 25.0 Å². The Labute approximate surface area is 77.0 Å². The van der Waals surface area contributed by atoms with E-state index in [4.69, 9.17) is 15.0 Å². The second kappa shape index (κ2) is 4.87. The van der Waals surface area contributed by atoms with Gasteiger partial charge in [0.05, 0.1) is 18.8 Å². The zero-order chi connectivity index (χ0) is 9.68. The summed E-state index contributed by atoms with van der Waals surface area (Å²) in [7, 11) is 0. The molecule has 1 aliphatic rings. The smallest absolute Gasteiger partial charge is 0.177 e. The molecule has 1 rings (SSSR count). The number of azide groups is 1. The molecule has 0 unspecified atom stereocenters. The summed E-state index contributed by atoms with van der Waals surface area (Å²) in [4.78, 5) is 2.70. The molecule has 0 aliphatic carbocycles. The van der Waals surface area contributed by atoms with E-state index in [-0.39, 0.29) is 18.4 Å². The Morgan fingerprint density at radius 1 is 1.62 bits per heavy atom. The topological polar surface area (TPSA) is 67.2 Å². The van der Waals surface area contributed by atoms with E-state index in [1.54, 1.807) is 12.2 Å². The van der Waals surface area contributed by atoms with Crippen LogP contribution in [0.25, 0.3) is 10.4 Å². The first-order chi connectivity index (χ1) is 6.22. The van der Waals surface area contributed by atoms with Gasteiger partial charge in [0.2, 0.25) is 0 Å². The molecule has 5 nitrogen and oxygen atoms in total. The van der Waals surface area contributed by atoms with E-state index in [1.165, 1.54) is 0 Å². The predicted molar refractivity (Wildman–Crippen MR) is 48.0 cm³/mol. The third-order valence-electron chi connectivity index (χ3n) is 1.53. The summed E-state index contributed by atoms with van der Waals surface area (Å²) in [5, 5.41) is 3.51. The fraction of sp³-hybridized carbons (Fsp3) is 0.750. The van der Waals surface area contributed by atoms with Crippen LogP contribution in [0.4, 0.5) is 0 Å². The van der Waals surface area contributed by atoms with E-state index in [0.717, 1.165) is 0 Å². The molecule has 0 aromatic heterocycles. The van der Waals surface area contributed by atoms with Gasteiger partial charge in [-0.3, -0.25) is 0 Å². The molecule has 0 aromatic carbocycles. The Bertz CT molecular complexity index is 234. The summed E-state index contributed by atoms with van der Waals surface area (Å²) >= 11 is 0. The zero-order valence-electron chi connectivity index (χ0n) is 7.75. The van der Waals surface area contributed by atoms with E-state index >= 15 is 0 Å². The van der Waals surface area contributed by atoms with Gasteiger partial charge in [-0.1, -0.05) is 11.2 Å². The Balaban J connectivity index is 2.42. The van der Waals surface area contributed by atoms with Crippen molar-refractivity contribution in [2.75, 3.05) is 6.61 Å². The summed E-state index contributed by atoms with van der Waals surface area (Å²) in [6.45, 7) is 4.27. The molecule has 1 aliphatic heterocycles. The van der Waals surface area contributed by atoms with E-state index in [1.807, 2.05) is 13.8 Å². The maximum absolute atomic E-state index is 8.17. The van der Waals surface area contributed by atoms with Crippen molar-refractivity contribution in [3.63, 3.8) is 0 Å². The van der Waals surface area contributed by atoms with Crippen LogP contribution in [0.2, 0.25) is 0 Å². The molecule has 0 bridgehead atoms. The van der Waals surface area contributed by atoms with E-state index in [2.05, 4.69) is 10.0 Å². The summed E-state index contributed by atoms with van der Waals surface area (Å²) in [6, 6.07) is -0.197. The van der Waals surface area contributed by atoms with Gasteiger partial charge in [-0.15, -0.1) is 0 Å². The van der Waals surface area contributed by atoms with Gasteiger partial charge in [0, 0.05) is 4.91 Å². The fourth-order valence-electron chi connectivity index (χ4n) is 1.01. The first kappa shape index (κ1) is 10.1. The van der Waals surface area contributed by atoms with Gasteiger partial charge in [0.1, 0.15) is 0 Å². The molecule has 0 saturated carbocycles. The van der Waals surface area contributed by atoms with Crippen molar-refractivity contribution in [1.29, 1.82) is 0 Å². The molecule has 0 radical (unpaired) electrons. The monoisotopic (exact) mass is 183 g/mol. The molecule has 0 spiro atoms. The van der Waals surface area contributed by atoms with Gasteiger partial charge in [0.25, 0.3) is 0 Å². The van der Waals surface area contributed by atoms with Gasteiger partial charge in [0.15, 0.2) is 6.29 Å². The van der Waals surface area contributed by atoms with Crippen LogP contribution in [0.3, 0.4) is 0 Å². The largest absolute Gasteiger partial charge is 0.348 e. The summed E-state index contributed by atoms with van der Waals surface area (Å²) in [6.07, 6.45) is 3.40. The van der Waals surface area contributed by atoms with Gasteiger partial charge < -0.3 is 9.47 Å². The van der Waals surface area contributed by atoms with Crippen LogP contribution in [0.15, 0.2) is 17.3 Å². The molecule has 1 heterocycles. The van der Waals surface area contributed by atoms with Crippen molar-refractivity contribution in [2.24, 2.45) is 5.11 Å². The lowest BCUT2D eigenvalue weighted by Gasteiger charge is -2.22. The van der Waals surface area contributed by atoms with Crippen LogP contribution in [-0.2, 0) is 9.47 Å². The van der Waals surface area contributed by atoms with Crippen molar-refractivity contribution in [3.05, 3.63) is 22.6 Å². The molecule has 13 heavy (non-hydrogen) atoms. The molecule has 0 fully saturated rings. The van der Waals surface area contributed by atoms with Crippen molar-refractivity contribution in [2.45, 2.75) is 32.3 Å². The van der Waals surface area contributed by atoms with Crippen LogP contribution in [0.1, 0.15) is 13.8 Å². The number of ether oxygens (including phenoxy) is 2. The molecular formula is C8H13N3O2. The minimum Gasteiger partial charge on any atom is -0.348 e. The maximum atomic E-state index is 8.17. The van der Waals surface area contributed by atoms with Crippen molar-refractivity contribution < 1.29 is 9.47 Å². The SMILES string of the molecule is CC(C)O[C@H]1C=C[C@H](N=[N+]=[N-])CO1. The number of hydrogen-bond acceptors (Lipinski definition) is 3. The average molecular weight is 183 g/mol. The zero-order valence-corrected chi connectivity index (χ0v) is 7.75. The normalized spacial score (nSPS) is 27.3. The van der Waals surface area contributed by atoms with Crippen LogP contribution < -0.4 is 0 Å². The second-order valence-corrected chi connectivity index (χ2v) is 3.04. The van der Waals surface area contributed by atoms with E-state index < -0.39 is 0 Å². The van der Waals surface area contributed by atoms with Gasteiger partial charge >= 0.3 is 0 Å². The molecule has 5 heteroatoms. The minimum absolute atomic E-state index is 0.130. The first-order valence-electron chi connectivity index (χ1n) is 4.22. The quantitative estimate of drug-likeness (QED) is 0.290. The molecule has 72 valence electrons. The van der Waals surface area contributed by atoms with Crippen molar-refractivity contribution >= 4 is 0 Å². The highest BCUT2D eigenvalue weighted by molar-refractivity contribution is 4.99. The van der Waals surface area contributed by atoms with Gasteiger partial charge in [-0.05, 0) is 25.5 Å². The highest BCUT2D eigenvalue weighted by atomic mass is 16.7. The molecule has 0 aromatic rings. The predicted octanol–water partition coefficient (Wildman–Crippen LogP) is 2.00. The lowest BCUT2D eigenvalue weighted by molar-refractivity contribution is -0.139. The lowest BCUT2D eigenvalue weighted by Crippen LogP contribution is -2.27. The number of rotatable bonds is 3. The number of nitrogens with zero attached hydrogens (tertiary/aromatic N) is 3. The summed E-state index contributed by atoms with van der Waals surface area (Å²) < 4.78 is 10.7. The lowest BCUT2D eigenvalue weighted by atomic mass is 10.2. The highest BCUT2D eigenvalue weighted by Gasteiger charge is 2.15. The van der Waals surface area contributed by atoms with Gasteiger partial charge in [-0.2, -0.15) is 0 Å². The van der Waals surface area contributed by atoms with Crippen LogP contribution in [0, 0.1) is 0 Å². The summed E-state index contributed by atoms with van der Waals surface area (Å²) in [5.41, 5.74) is 8.17. The Kier molecular flexibility index (Phi) is 3.76. The summed E-state index contributed by atoms with van der Waals surface area (Å²) in [5.74, 6) is 0. The highest BCUT2D eigenvalue weighted by Crippen LogP contribution is 2.10. The molecule has 0 saturated heterocycles. The molecule has 0 amide bonds. The van der Waals surface area contributed by atoms with Crippen molar-refractivity contribution in [1.82, 2.24) is 0 Å². The Hall–Kier alpha value is -1.03. The third-order valence-corrected chi connectivity index (χ3v) is 1.53. The molecule has 0 N–H and O–H groups in total.